The van der Waals surface area contributed by atoms with Crippen LogP contribution in [0.3, 0.4) is 0 Å². The largest absolute Gasteiger partial charge is 0.388 e. The Balaban J connectivity index is 1.60. The van der Waals surface area contributed by atoms with Gasteiger partial charge in [-0.15, -0.1) is 0 Å². The van der Waals surface area contributed by atoms with Gasteiger partial charge in [0.05, 0.1) is 6.10 Å². The predicted octanol–water partition coefficient (Wildman–Crippen LogP) is 6.97. The first-order valence-corrected chi connectivity index (χ1v) is 12.3. The number of carbonyl (C=O) groups is 1. The molecule has 6 atom stereocenters. The van der Waals surface area contributed by atoms with Crippen molar-refractivity contribution >= 4 is 5.78 Å². The number of ketones is 1. The van der Waals surface area contributed by atoms with Crippen LogP contribution < -0.4 is 0 Å². The number of carbonyl (C=O) groups excluding carboxylic acids is 1. The molecule has 30 heavy (non-hydrogen) atoms. The van der Waals surface area contributed by atoms with E-state index in [9.17, 15) is 14.3 Å². The fourth-order valence-electron chi connectivity index (χ4n) is 6.77. The van der Waals surface area contributed by atoms with Crippen LogP contribution in [0.25, 0.3) is 0 Å². The van der Waals surface area contributed by atoms with Gasteiger partial charge < -0.3 is 5.11 Å². The van der Waals surface area contributed by atoms with Crippen LogP contribution in [0, 0.1) is 29.1 Å². The number of aliphatic hydroxyl groups is 1. The van der Waals surface area contributed by atoms with Crippen molar-refractivity contribution in [2.24, 2.45) is 29.1 Å². The summed E-state index contributed by atoms with van der Waals surface area (Å²) in [5.74, 6) is 2.00. The van der Waals surface area contributed by atoms with Gasteiger partial charge >= 0.3 is 0 Å². The third-order valence-electron chi connectivity index (χ3n) is 8.82. The fourth-order valence-corrected chi connectivity index (χ4v) is 6.77. The van der Waals surface area contributed by atoms with E-state index >= 15 is 0 Å². The van der Waals surface area contributed by atoms with Gasteiger partial charge in [0.15, 0.2) is 0 Å². The second-order valence-electron chi connectivity index (χ2n) is 11.4. The summed E-state index contributed by atoms with van der Waals surface area (Å²) in [7, 11) is 0. The summed E-state index contributed by atoms with van der Waals surface area (Å²) < 4.78 is 13.8. The highest BCUT2D eigenvalue weighted by Crippen LogP contribution is 2.59. The molecule has 0 aromatic rings. The van der Waals surface area contributed by atoms with Gasteiger partial charge in [-0.25, -0.2) is 4.39 Å². The van der Waals surface area contributed by atoms with Crippen LogP contribution in [-0.4, -0.2) is 22.7 Å². The van der Waals surface area contributed by atoms with Crippen molar-refractivity contribution < 1.29 is 14.3 Å². The Morgan fingerprint density at radius 1 is 1.27 bits per heavy atom. The van der Waals surface area contributed by atoms with Gasteiger partial charge in [0, 0.05) is 12.3 Å². The zero-order valence-corrected chi connectivity index (χ0v) is 19.7. The number of hydrogen-bond donors (Lipinski definition) is 1. The Bertz CT molecular complexity index is 673. The lowest BCUT2D eigenvalue weighted by molar-refractivity contribution is -0.125. The van der Waals surface area contributed by atoms with Crippen LogP contribution in [0.5, 0.6) is 0 Å². The first-order chi connectivity index (χ1) is 14.0. The number of rotatable bonds is 7. The van der Waals surface area contributed by atoms with Gasteiger partial charge in [-0.3, -0.25) is 4.79 Å². The normalized spacial score (nSPS) is 38.9. The van der Waals surface area contributed by atoms with Gasteiger partial charge in [-0.2, -0.15) is 0 Å². The van der Waals surface area contributed by atoms with Gasteiger partial charge in [0.25, 0.3) is 0 Å². The Kier molecular flexibility index (Phi) is 7.32. The molecule has 0 aromatic heterocycles. The third-order valence-corrected chi connectivity index (χ3v) is 8.82. The summed E-state index contributed by atoms with van der Waals surface area (Å²) in [6.07, 6.45) is 13.5. The van der Waals surface area contributed by atoms with E-state index in [0.717, 1.165) is 42.2 Å². The molecule has 0 aliphatic heterocycles. The third kappa shape index (κ3) is 5.09. The van der Waals surface area contributed by atoms with E-state index < -0.39 is 11.8 Å². The zero-order valence-electron chi connectivity index (χ0n) is 19.7. The lowest BCUT2D eigenvalue weighted by atomic mass is 9.60. The smallest absolute Gasteiger partial charge is 0.142 e. The van der Waals surface area contributed by atoms with Crippen molar-refractivity contribution in [1.82, 2.24) is 0 Å². The second-order valence-corrected chi connectivity index (χ2v) is 11.4. The van der Waals surface area contributed by atoms with Crippen LogP contribution in [0.15, 0.2) is 23.8 Å². The van der Waals surface area contributed by atoms with Gasteiger partial charge in [-0.05, 0) is 93.1 Å². The zero-order chi connectivity index (χ0) is 22.1. The molecule has 0 spiro atoms. The van der Waals surface area contributed by atoms with Gasteiger partial charge in [-0.1, -0.05) is 45.8 Å². The molecule has 3 rings (SSSR count). The Hall–Kier alpha value is -0.960. The topological polar surface area (TPSA) is 37.3 Å². The second kappa shape index (κ2) is 9.27. The van der Waals surface area contributed by atoms with E-state index in [0.29, 0.717) is 24.2 Å². The Morgan fingerprint density at radius 2 is 2.00 bits per heavy atom. The lowest BCUT2D eigenvalue weighted by Gasteiger charge is -2.45. The van der Waals surface area contributed by atoms with Crippen molar-refractivity contribution in [3.05, 3.63) is 23.8 Å². The minimum absolute atomic E-state index is 0.131. The number of hydrogen-bond acceptors (Lipinski definition) is 2. The molecule has 1 unspecified atom stereocenters. The number of alkyl halides is 1. The average Bonchev–Trinajstić information content (AvgIpc) is 3.01. The number of aliphatic hydroxyl groups excluding tert-OH is 1. The molecule has 0 saturated heterocycles. The van der Waals surface area contributed by atoms with E-state index in [1.807, 2.05) is 0 Å². The molecule has 0 aromatic carbocycles. The molecular weight excluding hydrogens is 375 g/mol. The number of unbranched alkanes of at least 4 members (excludes halogenated alkanes) is 1. The maximum Gasteiger partial charge on any atom is 0.142 e. The minimum atomic E-state index is -1.04. The fraction of sp³-hybridized carbons (Fsp3) is 0.815. The molecular formula is C27H43FO2. The summed E-state index contributed by atoms with van der Waals surface area (Å²) >= 11 is 0. The van der Waals surface area contributed by atoms with Crippen LogP contribution in [0.1, 0.15) is 98.3 Å². The molecule has 1 N–H and O–H groups in total. The van der Waals surface area contributed by atoms with Gasteiger partial charge in [0.2, 0.25) is 0 Å². The number of halogens is 1. The molecule has 3 aliphatic rings. The standard InChI is InChI=1S/C27H43FO2/c1-18-21(17-24(29)19(2)25(18)30)12-11-20-9-8-16-27(5)22(13-14-23(20)27)10-6-7-15-26(3,4)28/h12,19-20,22-23,25,30H,1,6-11,13-17H2,2-5H3/b21-12-/t19-,20?,22-,23-,25+,27+/m0/s1. The van der Waals surface area contributed by atoms with E-state index in [1.165, 1.54) is 38.5 Å². The van der Waals surface area contributed by atoms with Crippen LogP contribution >= 0.6 is 0 Å². The highest BCUT2D eigenvalue weighted by molar-refractivity contribution is 5.87. The molecule has 2 nitrogen and oxygen atoms in total. The molecule has 3 fully saturated rings. The monoisotopic (exact) mass is 418 g/mol. The highest BCUT2D eigenvalue weighted by atomic mass is 19.1. The van der Waals surface area contributed by atoms with Crippen LogP contribution in [0.4, 0.5) is 4.39 Å². The maximum absolute atomic E-state index is 13.8. The molecule has 0 heterocycles. The van der Waals surface area contributed by atoms with Crippen molar-refractivity contribution in [3.8, 4) is 0 Å². The predicted molar refractivity (Wildman–Crippen MR) is 122 cm³/mol. The number of Topliss-reactive ketones (excluding diaryl/α,β-unsaturated/α-hetero) is 1. The molecule has 0 bridgehead atoms. The molecule has 3 heteroatoms. The molecule has 170 valence electrons. The quantitative estimate of drug-likeness (QED) is 0.453. The Morgan fingerprint density at radius 3 is 2.70 bits per heavy atom. The van der Waals surface area contributed by atoms with Crippen molar-refractivity contribution in [3.63, 3.8) is 0 Å². The van der Waals surface area contributed by atoms with E-state index in [2.05, 4.69) is 19.6 Å². The van der Waals surface area contributed by atoms with E-state index in [1.54, 1.807) is 20.8 Å². The summed E-state index contributed by atoms with van der Waals surface area (Å²) in [5.41, 5.74) is 1.10. The molecule has 3 saturated carbocycles. The highest BCUT2D eigenvalue weighted by Gasteiger charge is 2.50. The first-order valence-electron chi connectivity index (χ1n) is 12.3. The van der Waals surface area contributed by atoms with Crippen LogP contribution in [0.2, 0.25) is 0 Å². The molecule has 0 radical (unpaired) electrons. The Labute approximate surface area is 183 Å². The van der Waals surface area contributed by atoms with Crippen molar-refractivity contribution in [2.45, 2.75) is 110 Å². The summed E-state index contributed by atoms with van der Waals surface area (Å²) in [4.78, 5) is 12.2. The molecule has 3 aliphatic carbocycles. The van der Waals surface area contributed by atoms with E-state index in [4.69, 9.17) is 0 Å². The average molecular weight is 419 g/mol. The minimum Gasteiger partial charge on any atom is -0.388 e. The lowest BCUT2D eigenvalue weighted by Crippen LogP contribution is -2.37. The van der Waals surface area contributed by atoms with Crippen molar-refractivity contribution in [1.29, 1.82) is 0 Å². The molecule has 0 amide bonds. The summed E-state index contributed by atoms with van der Waals surface area (Å²) in [6, 6.07) is 0. The van der Waals surface area contributed by atoms with Crippen molar-refractivity contribution in [2.75, 3.05) is 0 Å². The SMILES string of the molecule is C=C1/C(=C\CC2CCC[C@]3(C)[C@@H](CCCCC(C)(C)F)CC[C@@H]23)CC(=O)[C@H](C)[C@@H]1O. The van der Waals surface area contributed by atoms with Gasteiger partial charge in [0.1, 0.15) is 11.5 Å². The summed E-state index contributed by atoms with van der Waals surface area (Å²) in [6.45, 7) is 11.8. The number of allylic oxidation sites excluding steroid dienone is 1. The first kappa shape index (κ1) is 23.7. The summed E-state index contributed by atoms with van der Waals surface area (Å²) in [5, 5.41) is 10.3. The number of fused-ring (bicyclic) bond motifs is 1. The maximum atomic E-state index is 13.8. The van der Waals surface area contributed by atoms with Crippen LogP contribution in [-0.2, 0) is 4.79 Å². The van der Waals surface area contributed by atoms with E-state index in [-0.39, 0.29) is 11.7 Å².